The lowest BCUT2D eigenvalue weighted by Gasteiger charge is -2.34. The van der Waals surface area contributed by atoms with Gasteiger partial charge < -0.3 is 15.4 Å². The van der Waals surface area contributed by atoms with Gasteiger partial charge in [-0.2, -0.15) is 0 Å². The highest BCUT2D eigenvalue weighted by Crippen LogP contribution is 2.26. The Kier molecular flexibility index (Phi) is 6.52. The van der Waals surface area contributed by atoms with Crippen LogP contribution in [0.2, 0.25) is 5.02 Å². The number of nitrogens with two attached hydrogens (primary N) is 1. The van der Waals surface area contributed by atoms with Crippen LogP contribution in [0.3, 0.4) is 0 Å². The number of hydrazine groups is 1. The molecule has 0 amide bonds. The molecule has 1 aromatic carbocycles. The number of aromatic nitrogens is 1. The van der Waals surface area contributed by atoms with Gasteiger partial charge in [0.2, 0.25) is 0 Å². The molecule has 2 saturated heterocycles. The number of anilines is 2. The fraction of sp³-hybridized carbons (Fsp3) is 0.476. The van der Waals surface area contributed by atoms with Crippen molar-refractivity contribution in [1.82, 2.24) is 20.7 Å². The van der Waals surface area contributed by atoms with Gasteiger partial charge in [-0.05, 0) is 55.8 Å². The lowest BCUT2D eigenvalue weighted by molar-refractivity contribution is -0.0169. The molecule has 4 rings (SSSR count). The normalized spacial score (nSPS) is 23.1. The van der Waals surface area contributed by atoms with Gasteiger partial charge in [-0.25, -0.2) is 15.8 Å². The highest BCUT2D eigenvalue weighted by atomic mass is 35.5. The molecule has 2 aliphatic heterocycles. The van der Waals surface area contributed by atoms with E-state index < -0.39 is 0 Å². The van der Waals surface area contributed by atoms with Crippen LogP contribution in [0.1, 0.15) is 18.4 Å². The van der Waals surface area contributed by atoms with Crippen molar-refractivity contribution in [3.05, 3.63) is 53.2 Å². The van der Waals surface area contributed by atoms with Crippen molar-refractivity contribution < 1.29 is 4.74 Å². The molecule has 2 aliphatic rings. The summed E-state index contributed by atoms with van der Waals surface area (Å²) in [4.78, 5) is 8.99. The fourth-order valence-corrected chi connectivity index (χ4v) is 4.25. The number of piperidine rings is 1. The van der Waals surface area contributed by atoms with E-state index in [1.807, 2.05) is 36.5 Å². The number of rotatable bonds is 6. The molecule has 7 nitrogen and oxygen atoms in total. The SMILES string of the molecule is CN(Cc1cc(Cl)ccc1N)CC1NNC(C2CCN(c3ccccn3)CC2)O1. The minimum absolute atomic E-state index is 0.0375. The first-order valence-corrected chi connectivity index (χ1v) is 10.5. The maximum atomic E-state index is 6.25. The maximum Gasteiger partial charge on any atom is 0.135 e. The molecule has 3 heterocycles. The molecule has 1 aromatic heterocycles. The standard InChI is InChI=1S/C21H29ClN6O/c1-27(13-16-12-17(22)5-6-18(16)23)14-20-25-26-21(29-20)15-7-10-28(11-8-15)19-4-2-3-9-24-19/h2-6,9,12,15,20-21,25-26H,7-8,10-11,13-14,23H2,1H3. The van der Waals surface area contributed by atoms with Crippen molar-refractivity contribution in [2.45, 2.75) is 31.8 Å². The number of hydrogen-bond donors (Lipinski definition) is 3. The number of nitrogen functional groups attached to an aromatic ring is 1. The molecule has 0 saturated carbocycles. The first kappa shape index (κ1) is 20.4. The van der Waals surface area contributed by atoms with E-state index in [1.54, 1.807) is 0 Å². The molecule has 156 valence electrons. The van der Waals surface area contributed by atoms with Gasteiger partial charge >= 0.3 is 0 Å². The second kappa shape index (κ2) is 9.28. The van der Waals surface area contributed by atoms with Gasteiger partial charge in [0, 0.05) is 49.0 Å². The quantitative estimate of drug-likeness (QED) is 0.624. The number of benzene rings is 1. The third-order valence-electron chi connectivity index (χ3n) is 5.66. The summed E-state index contributed by atoms with van der Waals surface area (Å²) in [6.45, 7) is 3.48. The summed E-state index contributed by atoms with van der Waals surface area (Å²) < 4.78 is 6.25. The second-order valence-electron chi connectivity index (χ2n) is 7.89. The molecular formula is C21H29ClN6O. The zero-order chi connectivity index (χ0) is 20.2. The number of halogens is 1. The monoisotopic (exact) mass is 416 g/mol. The zero-order valence-electron chi connectivity index (χ0n) is 16.7. The molecule has 0 spiro atoms. The van der Waals surface area contributed by atoms with Gasteiger partial charge in [-0.1, -0.05) is 17.7 Å². The van der Waals surface area contributed by atoms with Crippen LogP contribution in [0.5, 0.6) is 0 Å². The van der Waals surface area contributed by atoms with Crippen molar-refractivity contribution >= 4 is 23.1 Å². The van der Waals surface area contributed by atoms with Crippen molar-refractivity contribution in [3.63, 3.8) is 0 Å². The van der Waals surface area contributed by atoms with E-state index in [2.05, 4.69) is 38.7 Å². The minimum atomic E-state index is -0.0563. The van der Waals surface area contributed by atoms with Crippen LogP contribution in [0.25, 0.3) is 0 Å². The number of likely N-dealkylation sites (N-methyl/N-ethyl adjacent to an activating group) is 1. The first-order valence-electron chi connectivity index (χ1n) is 10.1. The summed E-state index contributed by atoms with van der Waals surface area (Å²) in [6.07, 6.45) is 4.00. The molecule has 4 N–H and O–H groups in total. The summed E-state index contributed by atoms with van der Waals surface area (Å²) in [5.41, 5.74) is 14.5. The Hall–Kier alpha value is -1.90. The predicted octanol–water partition coefficient (Wildman–Crippen LogP) is 2.44. The molecule has 29 heavy (non-hydrogen) atoms. The average molecular weight is 417 g/mol. The molecule has 8 heteroatoms. The molecule has 0 aliphatic carbocycles. The molecule has 0 radical (unpaired) electrons. The third-order valence-corrected chi connectivity index (χ3v) is 5.90. The van der Waals surface area contributed by atoms with Crippen LogP contribution in [-0.2, 0) is 11.3 Å². The van der Waals surface area contributed by atoms with Gasteiger partial charge in [-0.3, -0.25) is 4.90 Å². The van der Waals surface area contributed by atoms with E-state index in [9.17, 15) is 0 Å². The third kappa shape index (κ3) is 5.18. The number of hydrogen-bond acceptors (Lipinski definition) is 7. The van der Waals surface area contributed by atoms with E-state index in [0.717, 1.165) is 56.1 Å². The Morgan fingerprint density at radius 3 is 2.83 bits per heavy atom. The van der Waals surface area contributed by atoms with Crippen LogP contribution in [0.4, 0.5) is 11.5 Å². The molecular weight excluding hydrogens is 388 g/mol. The predicted molar refractivity (Wildman–Crippen MR) is 116 cm³/mol. The molecule has 0 bridgehead atoms. The summed E-state index contributed by atoms with van der Waals surface area (Å²) in [5, 5.41) is 0.705. The van der Waals surface area contributed by atoms with E-state index in [1.165, 1.54) is 0 Å². The summed E-state index contributed by atoms with van der Waals surface area (Å²) in [5.74, 6) is 1.55. The van der Waals surface area contributed by atoms with Crippen molar-refractivity contribution in [3.8, 4) is 0 Å². The number of pyridine rings is 1. The van der Waals surface area contributed by atoms with E-state index in [-0.39, 0.29) is 12.5 Å². The van der Waals surface area contributed by atoms with E-state index >= 15 is 0 Å². The smallest absolute Gasteiger partial charge is 0.135 e. The van der Waals surface area contributed by atoms with Crippen molar-refractivity contribution in [1.29, 1.82) is 0 Å². The Bertz CT molecular complexity index is 799. The average Bonchev–Trinajstić information content (AvgIpc) is 3.20. The van der Waals surface area contributed by atoms with Crippen LogP contribution in [-0.4, -0.2) is 49.0 Å². The van der Waals surface area contributed by atoms with Crippen molar-refractivity contribution in [2.24, 2.45) is 5.92 Å². The van der Waals surface area contributed by atoms with Gasteiger partial charge in [0.1, 0.15) is 18.3 Å². The fourth-order valence-electron chi connectivity index (χ4n) is 4.06. The minimum Gasteiger partial charge on any atom is -0.398 e. The number of nitrogens with zero attached hydrogens (tertiary/aromatic N) is 3. The van der Waals surface area contributed by atoms with Gasteiger partial charge in [0.25, 0.3) is 0 Å². The van der Waals surface area contributed by atoms with Crippen LogP contribution in [0, 0.1) is 5.92 Å². The number of ether oxygens (including phenoxy) is 1. The number of nitrogens with one attached hydrogen (secondary N) is 2. The summed E-state index contributed by atoms with van der Waals surface area (Å²) in [6, 6.07) is 11.7. The summed E-state index contributed by atoms with van der Waals surface area (Å²) >= 11 is 6.10. The van der Waals surface area contributed by atoms with E-state index in [4.69, 9.17) is 22.1 Å². The van der Waals surface area contributed by atoms with Gasteiger partial charge in [0.15, 0.2) is 0 Å². The Balaban J connectivity index is 1.24. The largest absolute Gasteiger partial charge is 0.398 e. The summed E-state index contributed by atoms with van der Waals surface area (Å²) in [7, 11) is 2.06. The molecule has 2 unspecified atom stereocenters. The van der Waals surface area contributed by atoms with Gasteiger partial charge in [0.05, 0.1) is 0 Å². The lowest BCUT2D eigenvalue weighted by atomic mass is 9.95. The molecule has 2 atom stereocenters. The Morgan fingerprint density at radius 2 is 2.07 bits per heavy atom. The second-order valence-corrected chi connectivity index (χ2v) is 8.32. The lowest BCUT2D eigenvalue weighted by Crippen LogP contribution is -2.43. The topological polar surface area (TPSA) is 78.7 Å². The van der Waals surface area contributed by atoms with Crippen molar-refractivity contribution in [2.75, 3.05) is 37.3 Å². The molecule has 2 fully saturated rings. The maximum absolute atomic E-state index is 6.25. The zero-order valence-corrected chi connectivity index (χ0v) is 17.5. The Labute approximate surface area is 177 Å². The highest BCUT2D eigenvalue weighted by molar-refractivity contribution is 6.30. The Morgan fingerprint density at radius 1 is 1.24 bits per heavy atom. The van der Waals surface area contributed by atoms with Crippen LogP contribution in [0.15, 0.2) is 42.6 Å². The molecule has 2 aromatic rings. The first-order chi connectivity index (χ1) is 14.1. The van der Waals surface area contributed by atoms with Crippen LogP contribution < -0.4 is 21.5 Å². The van der Waals surface area contributed by atoms with Crippen LogP contribution >= 0.6 is 11.6 Å². The highest BCUT2D eigenvalue weighted by Gasteiger charge is 2.33. The van der Waals surface area contributed by atoms with Gasteiger partial charge in [-0.15, -0.1) is 0 Å². The van der Waals surface area contributed by atoms with E-state index in [0.29, 0.717) is 10.9 Å².